The van der Waals surface area contributed by atoms with Crippen molar-refractivity contribution < 1.29 is 9.59 Å². The van der Waals surface area contributed by atoms with Crippen molar-refractivity contribution in [1.29, 1.82) is 0 Å². The fourth-order valence-electron chi connectivity index (χ4n) is 0.756. The Hall–Kier alpha value is -1.20. The second-order valence-electron chi connectivity index (χ2n) is 2.60. The van der Waals surface area contributed by atoms with Crippen molar-refractivity contribution in [2.24, 2.45) is 0 Å². The van der Waals surface area contributed by atoms with E-state index in [4.69, 9.17) is 0 Å². The molecule has 2 N–H and O–H groups in total. The third-order valence-corrected chi connectivity index (χ3v) is 1.78. The molecule has 0 atom stereocenters. The Balaban J connectivity index is 0.000000288. The minimum atomic E-state index is -0.0718. The number of halogens is 1. The lowest BCUT2D eigenvalue weighted by molar-refractivity contribution is -0.119. The molecule has 0 radical (unpaired) electrons. The first-order valence-electron chi connectivity index (χ1n) is 4.24. The number of hydrogen-bond donors (Lipinski definition) is 2. The predicted molar refractivity (Wildman–Crippen MR) is 62.4 cm³/mol. The van der Waals surface area contributed by atoms with Gasteiger partial charge >= 0.3 is 0 Å². The fourth-order valence-corrected chi connectivity index (χ4v) is 1.17. The van der Waals surface area contributed by atoms with Gasteiger partial charge in [0.25, 0.3) is 0 Å². The minimum absolute atomic E-state index is 0.0718. The second-order valence-corrected chi connectivity index (χ2v) is 3.52. The van der Waals surface area contributed by atoms with Crippen molar-refractivity contribution in [1.82, 2.24) is 10.9 Å². The predicted octanol–water partition coefficient (Wildman–Crippen LogP) is 1.52. The zero-order chi connectivity index (χ0) is 11.7. The van der Waals surface area contributed by atoms with E-state index in [1.807, 2.05) is 12.1 Å². The highest BCUT2D eigenvalue weighted by Gasteiger charge is 1.87. The van der Waals surface area contributed by atoms with Gasteiger partial charge in [-0.1, -0.05) is 28.1 Å². The van der Waals surface area contributed by atoms with Crippen LogP contribution in [0.5, 0.6) is 0 Å². The quantitative estimate of drug-likeness (QED) is 0.634. The van der Waals surface area contributed by atoms with E-state index in [9.17, 15) is 9.59 Å². The van der Waals surface area contributed by atoms with Crippen LogP contribution in [-0.2, 0) is 4.79 Å². The summed E-state index contributed by atoms with van der Waals surface area (Å²) in [6, 6.07) is 7.24. The van der Waals surface area contributed by atoms with Gasteiger partial charge in [0.1, 0.15) is 6.29 Å². The van der Waals surface area contributed by atoms with Crippen molar-refractivity contribution >= 4 is 28.1 Å². The van der Waals surface area contributed by atoms with Crippen LogP contribution in [0.3, 0.4) is 0 Å². The van der Waals surface area contributed by atoms with Gasteiger partial charge in [0.2, 0.25) is 5.91 Å². The van der Waals surface area contributed by atoms with E-state index in [1.54, 1.807) is 19.2 Å². The molecule has 0 fully saturated rings. The van der Waals surface area contributed by atoms with Gasteiger partial charge in [0.15, 0.2) is 0 Å². The number of hydrazine groups is 1. The van der Waals surface area contributed by atoms with Gasteiger partial charge in [-0.15, -0.1) is 0 Å². The molecule has 82 valence electrons. The van der Waals surface area contributed by atoms with E-state index in [2.05, 4.69) is 26.8 Å². The average Bonchev–Trinajstić information content (AvgIpc) is 2.18. The number of nitrogens with one attached hydrogen (secondary N) is 2. The molecule has 0 bridgehead atoms. The smallest absolute Gasteiger partial charge is 0.230 e. The molecule has 4 nitrogen and oxygen atoms in total. The molecule has 1 rings (SSSR count). The van der Waals surface area contributed by atoms with Crippen LogP contribution in [0.1, 0.15) is 17.3 Å². The summed E-state index contributed by atoms with van der Waals surface area (Å²) in [5, 5.41) is 0. The highest BCUT2D eigenvalue weighted by atomic mass is 79.9. The first-order valence-corrected chi connectivity index (χ1v) is 5.03. The summed E-state index contributed by atoms with van der Waals surface area (Å²) in [4.78, 5) is 20.0. The average molecular weight is 273 g/mol. The van der Waals surface area contributed by atoms with Gasteiger partial charge < -0.3 is 0 Å². The summed E-state index contributed by atoms with van der Waals surface area (Å²) in [6.45, 7) is 1.44. The van der Waals surface area contributed by atoms with Crippen LogP contribution < -0.4 is 10.9 Å². The number of carbonyl (C=O) groups is 2. The maximum absolute atomic E-state index is 10.1. The van der Waals surface area contributed by atoms with Crippen molar-refractivity contribution in [3.63, 3.8) is 0 Å². The van der Waals surface area contributed by atoms with Crippen LogP contribution in [0.2, 0.25) is 0 Å². The van der Waals surface area contributed by atoms with Gasteiger partial charge in [-0.05, 0) is 12.1 Å². The number of carbonyl (C=O) groups excluding carboxylic acids is 2. The summed E-state index contributed by atoms with van der Waals surface area (Å²) in [7, 11) is 1.64. The Morgan fingerprint density at radius 2 is 2.13 bits per heavy atom. The molecule has 0 saturated heterocycles. The lowest BCUT2D eigenvalue weighted by atomic mass is 10.2. The maximum atomic E-state index is 10.1. The number of aldehydes is 1. The van der Waals surface area contributed by atoms with E-state index in [0.29, 0.717) is 5.56 Å². The number of rotatable bonds is 2. The van der Waals surface area contributed by atoms with E-state index in [1.165, 1.54) is 6.92 Å². The lowest BCUT2D eigenvalue weighted by Crippen LogP contribution is -2.31. The van der Waals surface area contributed by atoms with Crippen LogP contribution in [0.15, 0.2) is 28.7 Å². The van der Waals surface area contributed by atoms with Crippen LogP contribution in [0.4, 0.5) is 0 Å². The summed E-state index contributed by atoms with van der Waals surface area (Å²) >= 11 is 3.24. The number of hydrogen-bond acceptors (Lipinski definition) is 3. The summed E-state index contributed by atoms with van der Waals surface area (Å²) < 4.78 is 0.937. The molecular weight excluding hydrogens is 260 g/mol. The van der Waals surface area contributed by atoms with Crippen LogP contribution in [0, 0.1) is 0 Å². The molecule has 1 amide bonds. The summed E-state index contributed by atoms with van der Waals surface area (Å²) in [5.74, 6) is -0.0718. The van der Waals surface area contributed by atoms with Crippen molar-refractivity contribution in [2.45, 2.75) is 6.92 Å². The normalized spacial score (nSPS) is 8.47. The first-order chi connectivity index (χ1) is 7.10. The van der Waals surface area contributed by atoms with Crippen LogP contribution in [-0.4, -0.2) is 19.2 Å². The molecule has 0 saturated carbocycles. The van der Waals surface area contributed by atoms with Gasteiger partial charge in [-0.25, -0.2) is 5.43 Å². The molecule has 0 aliphatic heterocycles. The van der Waals surface area contributed by atoms with Gasteiger partial charge in [0, 0.05) is 24.0 Å². The van der Waals surface area contributed by atoms with Gasteiger partial charge in [-0.3, -0.25) is 15.0 Å². The Bertz CT molecular complexity index is 329. The van der Waals surface area contributed by atoms with Gasteiger partial charge in [0.05, 0.1) is 0 Å². The molecule has 0 aromatic heterocycles. The Labute approximate surface area is 97.2 Å². The molecule has 0 unspecified atom stereocenters. The van der Waals surface area contributed by atoms with Crippen molar-refractivity contribution in [3.05, 3.63) is 34.3 Å². The third-order valence-electron chi connectivity index (χ3n) is 1.29. The molecule has 0 aliphatic carbocycles. The Morgan fingerprint density at radius 3 is 2.40 bits per heavy atom. The summed E-state index contributed by atoms with van der Waals surface area (Å²) in [6.07, 6.45) is 0.824. The minimum Gasteiger partial charge on any atom is -0.298 e. The molecular formula is C10H13BrN2O2. The van der Waals surface area contributed by atoms with E-state index >= 15 is 0 Å². The molecule has 15 heavy (non-hydrogen) atoms. The molecule has 1 aromatic carbocycles. The largest absolute Gasteiger partial charge is 0.298 e. The highest BCUT2D eigenvalue weighted by Crippen LogP contribution is 2.09. The van der Waals surface area contributed by atoms with Crippen molar-refractivity contribution in [3.8, 4) is 0 Å². The molecule has 0 heterocycles. The Morgan fingerprint density at radius 1 is 1.47 bits per heavy atom. The molecule has 0 spiro atoms. The molecule has 5 heteroatoms. The fraction of sp³-hybridized carbons (Fsp3) is 0.200. The van der Waals surface area contributed by atoms with E-state index in [-0.39, 0.29) is 5.91 Å². The first kappa shape index (κ1) is 13.8. The van der Waals surface area contributed by atoms with Crippen LogP contribution in [0.25, 0.3) is 0 Å². The van der Waals surface area contributed by atoms with E-state index < -0.39 is 0 Å². The topological polar surface area (TPSA) is 58.2 Å². The third kappa shape index (κ3) is 7.84. The number of amides is 1. The maximum Gasteiger partial charge on any atom is 0.230 e. The lowest BCUT2D eigenvalue weighted by Gasteiger charge is -1.91. The highest BCUT2D eigenvalue weighted by molar-refractivity contribution is 9.10. The zero-order valence-corrected chi connectivity index (χ0v) is 10.2. The monoisotopic (exact) mass is 272 g/mol. The Kier molecular flexibility index (Phi) is 7.49. The molecule has 1 aromatic rings. The molecule has 0 aliphatic rings. The SMILES string of the molecule is CNNC(C)=O.O=Cc1cccc(Br)c1. The standard InChI is InChI=1S/C7H5BrO.C3H8N2O/c8-7-3-1-2-6(4-7)5-9;1-3(6)5-4-2/h1-5H;4H,1-2H3,(H,5,6). The number of benzene rings is 1. The summed E-state index contributed by atoms with van der Waals surface area (Å²) in [5.41, 5.74) is 5.49. The second kappa shape index (κ2) is 8.14. The van der Waals surface area contributed by atoms with Crippen LogP contribution >= 0.6 is 15.9 Å². The van der Waals surface area contributed by atoms with Crippen molar-refractivity contribution in [2.75, 3.05) is 7.05 Å². The zero-order valence-electron chi connectivity index (χ0n) is 8.58. The van der Waals surface area contributed by atoms with Gasteiger partial charge in [-0.2, -0.15) is 0 Å². The van der Waals surface area contributed by atoms with E-state index in [0.717, 1.165) is 10.8 Å².